The van der Waals surface area contributed by atoms with Gasteiger partial charge in [0.2, 0.25) is 0 Å². The Bertz CT molecular complexity index is 767. The fourth-order valence-electron chi connectivity index (χ4n) is 1.88. The lowest BCUT2D eigenvalue weighted by atomic mass is 10.1. The van der Waals surface area contributed by atoms with Crippen LogP contribution in [0.15, 0.2) is 40.6 Å². The van der Waals surface area contributed by atoms with Gasteiger partial charge in [-0.05, 0) is 55.0 Å². The molecule has 0 aliphatic heterocycles. The molecule has 2 rings (SSSR count). The second-order valence-corrected chi connectivity index (χ2v) is 7.67. The molecule has 0 aliphatic rings. The van der Waals surface area contributed by atoms with Gasteiger partial charge in [0.1, 0.15) is 0 Å². The van der Waals surface area contributed by atoms with Crippen molar-refractivity contribution >= 4 is 27.4 Å². The lowest BCUT2D eigenvalue weighted by Crippen LogP contribution is -2.24. The van der Waals surface area contributed by atoms with Crippen molar-refractivity contribution in [2.45, 2.75) is 25.2 Å². The van der Waals surface area contributed by atoms with Crippen LogP contribution in [0, 0.1) is 13.8 Å². The van der Waals surface area contributed by atoms with Crippen molar-refractivity contribution in [1.29, 1.82) is 0 Å². The third-order valence-electron chi connectivity index (χ3n) is 3.36. The molecule has 0 fully saturated rings. The van der Waals surface area contributed by atoms with Gasteiger partial charge >= 0.3 is 0 Å². The van der Waals surface area contributed by atoms with Crippen LogP contribution in [-0.2, 0) is 14.3 Å². The number of aryl methyl sites for hydroxylation is 2. The number of thiophene rings is 1. The predicted octanol–water partition coefficient (Wildman–Crippen LogP) is 2.89. The first kappa shape index (κ1) is 17.7. The predicted molar refractivity (Wildman–Crippen MR) is 90.3 cm³/mol. The number of amides is 1. The summed E-state index contributed by atoms with van der Waals surface area (Å²) in [4.78, 5) is 12.5. The second-order valence-electron chi connectivity index (χ2n) is 5.11. The van der Waals surface area contributed by atoms with Crippen LogP contribution in [0.2, 0.25) is 0 Å². The summed E-state index contributed by atoms with van der Waals surface area (Å²) in [5, 5.41) is 4.55. The van der Waals surface area contributed by atoms with E-state index >= 15 is 0 Å². The minimum Gasteiger partial charge on any atom is -0.351 e. The van der Waals surface area contributed by atoms with Crippen LogP contribution in [0.3, 0.4) is 0 Å². The molecule has 1 heterocycles. The lowest BCUT2D eigenvalue weighted by Gasteiger charge is -2.08. The van der Waals surface area contributed by atoms with Crippen LogP contribution in [0.5, 0.6) is 0 Å². The largest absolute Gasteiger partial charge is 0.351 e. The van der Waals surface area contributed by atoms with Crippen LogP contribution in [0.1, 0.15) is 27.2 Å². The molecule has 5 nitrogen and oxygen atoms in total. The fraction of sp³-hybridized carbons (Fsp3) is 0.312. The van der Waals surface area contributed by atoms with E-state index in [4.69, 9.17) is 4.18 Å². The fourth-order valence-corrected chi connectivity index (χ4v) is 3.54. The molecule has 1 aromatic heterocycles. The highest BCUT2D eigenvalue weighted by Gasteiger charge is 2.15. The van der Waals surface area contributed by atoms with Gasteiger partial charge in [-0.15, -0.1) is 11.3 Å². The SMILES string of the molecule is Cc1ccc(S(=O)(=O)OCCCNC(=O)c2cccs2)cc1C. The van der Waals surface area contributed by atoms with Gasteiger partial charge < -0.3 is 5.32 Å². The van der Waals surface area contributed by atoms with E-state index in [9.17, 15) is 13.2 Å². The number of hydrogen-bond donors (Lipinski definition) is 1. The zero-order valence-corrected chi connectivity index (χ0v) is 14.7. The molecule has 124 valence electrons. The van der Waals surface area contributed by atoms with Crippen molar-refractivity contribution in [2.24, 2.45) is 0 Å². The smallest absolute Gasteiger partial charge is 0.296 e. The van der Waals surface area contributed by atoms with E-state index in [0.717, 1.165) is 11.1 Å². The summed E-state index contributed by atoms with van der Waals surface area (Å²) >= 11 is 1.36. The summed E-state index contributed by atoms with van der Waals surface area (Å²) in [6, 6.07) is 8.44. The normalized spacial score (nSPS) is 11.4. The maximum absolute atomic E-state index is 12.1. The van der Waals surface area contributed by atoms with Crippen molar-refractivity contribution in [1.82, 2.24) is 5.32 Å². The molecular formula is C16H19NO4S2. The first-order valence-corrected chi connectivity index (χ1v) is 9.47. The molecule has 0 saturated carbocycles. The Labute approximate surface area is 140 Å². The highest BCUT2D eigenvalue weighted by atomic mass is 32.2. The van der Waals surface area contributed by atoms with Crippen molar-refractivity contribution in [3.8, 4) is 0 Å². The van der Waals surface area contributed by atoms with E-state index in [1.165, 1.54) is 17.4 Å². The molecule has 1 amide bonds. The van der Waals surface area contributed by atoms with Crippen LogP contribution in [-0.4, -0.2) is 27.5 Å². The monoisotopic (exact) mass is 353 g/mol. The number of hydrogen-bond acceptors (Lipinski definition) is 5. The van der Waals surface area contributed by atoms with Gasteiger partial charge in [0.15, 0.2) is 0 Å². The lowest BCUT2D eigenvalue weighted by molar-refractivity contribution is 0.0956. The summed E-state index contributed by atoms with van der Waals surface area (Å²) in [5.41, 5.74) is 1.93. The molecule has 7 heteroatoms. The molecular weight excluding hydrogens is 334 g/mol. The van der Waals surface area contributed by atoms with Gasteiger partial charge in [0.05, 0.1) is 16.4 Å². The average molecular weight is 353 g/mol. The maximum Gasteiger partial charge on any atom is 0.296 e. The van der Waals surface area contributed by atoms with E-state index in [2.05, 4.69) is 5.32 Å². The molecule has 0 saturated heterocycles. The van der Waals surface area contributed by atoms with E-state index in [0.29, 0.717) is 17.8 Å². The van der Waals surface area contributed by atoms with Gasteiger partial charge in [-0.2, -0.15) is 8.42 Å². The first-order valence-electron chi connectivity index (χ1n) is 7.18. The molecule has 1 aromatic carbocycles. The highest BCUT2D eigenvalue weighted by Crippen LogP contribution is 2.17. The number of nitrogens with one attached hydrogen (secondary N) is 1. The van der Waals surface area contributed by atoms with E-state index in [1.807, 2.05) is 19.2 Å². The van der Waals surface area contributed by atoms with Gasteiger partial charge in [0.25, 0.3) is 16.0 Å². The maximum atomic E-state index is 12.1. The Morgan fingerprint density at radius 3 is 2.65 bits per heavy atom. The Kier molecular flexibility index (Phi) is 5.92. The second kappa shape index (κ2) is 7.72. The molecule has 0 aliphatic carbocycles. The number of carbonyl (C=O) groups excluding carboxylic acids is 1. The Morgan fingerprint density at radius 2 is 2.00 bits per heavy atom. The standard InChI is InChI=1S/C16H19NO4S2/c1-12-6-7-14(11-13(12)2)23(19,20)21-9-4-8-17-16(18)15-5-3-10-22-15/h3,5-7,10-11H,4,8-9H2,1-2H3,(H,17,18). The summed E-state index contributed by atoms with van der Waals surface area (Å²) in [6.45, 7) is 4.16. The highest BCUT2D eigenvalue weighted by molar-refractivity contribution is 7.86. The Hall–Kier alpha value is -1.70. The zero-order valence-electron chi connectivity index (χ0n) is 13.0. The average Bonchev–Trinajstić information content (AvgIpc) is 3.03. The number of carbonyl (C=O) groups is 1. The summed E-state index contributed by atoms with van der Waals surface area (Å²) in [6.07, 6.45) is 0.418. The van der Waals surface area contributed by atoms with E-state index in [1.54, 1.807) is 24.3 Å². The molecule has 0 bridgehead atoms. The molecule has 0 spiro atoms. The van der Waals surface area contributed by atoms with E-state index < -0.39 is 10.1 Å². The van der Waals surface area contributed by atoms with Crippen molar-refractivity contribution in [2.75, 3.05) is 13.2 Å². The molecule has 2 aromatic rings. The van der Waals surface area contributed by atoms with Crippen LogP contribution in [0.25, 0.3) is 0 Å². The first-order chi connectivity index (χ1) is 10.9. The van der Waals surface area contributed by atoms with Crippen molar-refractivity contribution in [3.05, 3.63) is 51.7 Å². The molecule has 0 radical (unpaired) electrons. The number of benzene rings is 1. The van der Waals surface area contributed by atoms with E-state index in [-0.39, 0.29) is 17.4 Å². The third-order valence-corrected chi connectivity index (χ3v) is 5.53. The van der Waals surface area contributed by atoms with Crippen LogP contribution in [0.4, 0.5) is 0 Å². The molecule has 0 atom stereocenters. The van der Waals surface area contributed by atoms with Gasteiger partial charge in [-0.3, -0.25) is 8.98 Å². The summed E-state index contributed by atoms with van der Waals surface area (Å²) < 4.78 is 29.1. The molecule has 1 N–H and O–H groups in total. The van der Waals surface area contributed by atoms with Crippen LogP contribution >= 0.6 is 11.3 Å². The Balaban J connectivity index is 1.79. The minimum atomic E-state index is -3.75. The minimum absolute atomic E-state index is 0.0278. The van der Waals surface area contributed by atoms with Crippen molar-refractivity contribution in [3.63, 3.8) is 0 Å². The number of rotatable bonds is 7. The molecule has 23 heavy (non-hydrogen) atoms. The summed E-state index contributed by atoms with van der Waals surface area (Å²) in [7, 11) is -3.75. The molecule has 0 unspecified atom stereocenters. The quantitative estimate of drug-likeness (QED) is 0.614. The topological polar surface area (TPSA) is 72.5 Å². The zero-order chi connectivity index (χ0) is 16.9. The van der Waals surface area contributed by atoms with Crippen molar-refractivity contribution < 1.29 is 17.4 Å². The van der Waals surface area contributed by atoms with Gasteiger partial charge in [-0.1, -0.05) is 12.1 Å². The Morgan fingerprint density at radius 1 is 1.22 bits per heavy atom. The van der Waals surface area contributed by atoms with Gasteiger partial charge in [-0.25, -0.2) is 0 Å². The third kappa shape index (κ3) is 4.89. The van der Waals surface area contributed by atoms with Gasteiger partial charge in [0, 0.05) is 6.54 Å². The summed E-state index contributed by atoms with van der Waals surface area (Å²) in [5.74, 6) is -0.156. The van der Waals surface area contributed by atoms with Crippen LogP contribution < -0.4 is 5.32 Å².